The van der Waals surface area contributed by atoms with Gasteiger partial charge < -0.3 is 5.11 Å². The van der Waals surface area contributed by atoms with E-state index in [2.05, 4.69) is 4.98 Å². The number of carbonyl (C=O) groups is 1. The van der Waals surface area contributed by atoms with E-state index in [-0.39, 0.29) is 0 Å². The van der Waals surface area contributed by atoms with Crippen LogP contribution in [0.5, 0.6) is 0 Å². The van der Waals surface area contributed by atoms with Gasteiger partial charge in [-0.2, -0.15) is 0 Å². The SMILES string of the molecule is O=C(O)c1cnc(C2CCCCC2)s1. The summed E-state index contributed by atoms with van der Waals surface area (Å²) in [6.45, 7) is 0. The summed E-state index contributed by atoms with van der Waals surface area (Å²) in [5.74, 6) is -0.341. The van der Waals surface area contributed by atoms with Crippen molar-refractivity contribution in [2.45, 2.75) is 38.0 Å². The fraction of sp³-hybridized carbons (Fsp3) is 0.600. The van der Waals surface area contributed by atoms with Crippen molar-refractivity contribution in [1.82, 2.24) is 4.98 Å². The molecular formula is C10H13NO2S. The molecule has 1 aliphatic carbocycles. The summed E-state index contributed by atoms with van der Waals surface area (Å²) >= 11 is 1.34. The quantitative estimate of drug-likeness (QED) is 0.818. The average Bonchev–Trinajstić information content (AvgIpc) is 2.68. The lowest BCUT2D eigenvalue weighted by molar-refractivity contribution is 0.0702. The molecule has 0 unspecified atom stereocenters. The molecule has 3 nitrogen and oxygen atoms in total. The van der Waals surface area contributed by atoms with E-state index in [1.54, 1.807) is 0 Å². The van der Waals surface area contributed by atoms with E-state index in [0.29, 0.717) is 10.8 Å². The predicted molar refractivity (Wildman–Crippen MR) is 54.9 cm³/mol. The first-order valence-corrected chi connectivity index (χ1v) is 5.78. The highest BCUT2D eigenvalue weighted by molar-refractivity contribution is 7.13. The van der Waals surface area contributed by atoms with Gasteiger partial charge in [-0.25, -0.2) is 9.78 Å². The van der Waals surface area contributed by atoms with E-state index in [1.165, 1.54) is 49.6 Å². The van der Waals surface area contributed by atoms with Gasteiger partial charge in [-0.05, 0) is 12.8 Å². The second kappa shape index (κ2) is 4.09. The molecule has 1 heterocycles. The van der Waals surface area contributed by atoms with Crippen LogP contribution in [0.3, 0.4) is 0 Å². The van der Waals surface area contributed by atoms with Crippen molar-refractivity contribution in [3.63, 3.8) is 0 Å². The third-order valence-corrected chi connectivity index (χ3v) is 3.84. The zero-order valence-corrected chi connectivity index (χ0v) is 8.72. The van der Waals surface area contributed by atoms with Crippen LogP contribution in [-0.2, 0) is 0 Å². The molecule has 14 heavy (non-hydrogen) atoms. The Balaban J connectivity index is 2.11. The standard InChI is InChI=1S/C10H13NO2S/c12-10(13)8-6-11-9(14-8)7-4-2-1-3-5-7/h6-7H,1-5H2,(H,12,13). The first-order valence-electron chi connectivity index (χ1n) is 4.96. The molecular weight excluding hydrogens is 198 g/mol. The average molecular weight is 211 g/mol. The van der Waals surface area contributed by atoms with Gasteiger partial charge in [-0.1, -0.05) is 19.3 Å². The highest BCUT2D eigenvalue weighted by atomic mass is 32.1. The number of carboxylic acids is 1. The van der Waals surface area contributed by atoms with Gasteiger partial charge >= 0.3 is 5.97 Å². The minimum Gasteiger partial charge on any atom is -0.477 e. The van der Waals surface area contributed by atoms with Crippen molar-refractivity contribution >= 4 is 17.3 Å². The Morgan fingerprint density at radius 2 is 2.14 bits per heavy atom. The molecule has 1 N–H and O–H groups in total. The fourth-order valence-corrected chi connectivity index (χ4v) is 2.85. The van der Waals surface area contributed by atoms with Crippen molar-refractivity contribution < 1.29 is 9.90 Å². The summed E-state index contributed by atoms with van der Waals surface area (Å²) in [5, 5.41) is 9.78. The molecule has 1 aliphatic rings. The summed E-state index contributed by atoms with van der Waals surface area (Å²) in [7, 11) is 0. The highest BCUT2D eigenvalue weighted by Gasteiger charge is 2.19. The number of carboxylic acid groups (broad SMARTS) is 1. The summed E-state index contributed by atoms with van der Waals surface area (Å²) < 4.78 is 0. The van der Waals surface area contributed by atoms with E-state index in [1.807, 2.05) is 0 Å². The van der Waals surface area contributed by atoms with Gasteiger partial charge in [-0.3, -0.25) is 0 Å². The lowest BCUT2D eigenvalue weighted by Gasteiger charge is -2.18. The minimum absolute atomic E-state index is 0.366. The van der Waals surface area contributed by atoms with Crippen molar-refractivity contribution in [3.8, 4) is 0 Å². The van der Waals surface area contributed by atoms with Crippen LogP contribution in [0.15, 0.2) is 6.20 Å². The number of aromatic nitrogens is 1. The minimum atomic E-state index is -0.857. The van der Waals surface area contributed by atoms with E-state index in [9.17, 15) is 4.79 Å². The van der Waals surface area contributed by atoms with Crippen LogP contribution in [0.4, 0.5) is 0 Å². The number of aromatic carboxylic acids is 1. The number of hydrogen-bond donors (Lipinski definition) is 1. The highest BCUT2D eigenvalue weighted by Crippen LogP contribution is 2.34. The molecule has 1 fully saturated rings. The van der Waals surface area contributed by atoms with Gasteiger partial charge in [0.05, 0.1) is 11.2 Å². The van der Waals surface area contributed by atoms with E-state index >= 15 is 0 Å². The van der Waals surface area contributed by atoms with Crippen LogP contribution in [0.1, 0.15) is 52.7 Å². The smallest absolute Gasteiger partial charge is 0.347 e. The number of nitrogens with zero attached hydrogens (tertiary/aromatic N) is 1. The Hall–Kier alpha value is -0.900. The molecule has 1 aromatic rings. The largest absolute Gasteiger partial charge is 0.477 e. The second-order valence-corrected chi connectivity index (χ2v) is 4.77. The Morgan fingerprint density at radius 3 is 2.71 bits per heavy atom. The van der Waals surface area contributed by atoms with Gasteiger partial charge in [-0.15, -0.1) is 11.3 Å². The molecule has 0 bridgehead atoms. The summed E-state index contributed by atoms with van der Waals surface area (Å²) in [5.41, 5.74) is 0. The molecule has 0 aliphatic heterocycles. The van der Waals surface area contributed by atoms with E-state index in [0.717, 1.165) is 5.01 Å². The third kappa shape index (κ3) is 1.95. The van der Waals surface area contributed by atoms with Gasteiger partial charge in [0, 0.05) is 5.92 Å². The maximum absolute atomic E-state index is 10.7. The number of thiazole rings is 1. The first kappa shape index (κ1) is 9.65. The van der Waals surface area contributed by atoms with Crippen LogP contribution >= 0.6 is 11.3 Å². The molecule has 2 rings (SSSR count). The topological polar surface area (TPSA) is 50.2 Å². The number of hydrogen-bond acceptors (Lipinski definition) is 3. The lowest BCUT2D eigenvalue weighted by atomic mass is 9.90. The van der Waals surface area contributed by atoms with Crippen LogP contribution < -0.4 is 0 Å². The van der Waals surface area contributed by atoms with Gasteiger partial charge in [0.15, 0.2) is 0 Å². The van der Waals surface area contributed by atoms with Crippen molar-refractivity contribution in [2.24, 2.45) is 0 Å². The molecule has 0 spiro atoms. The Morgan fingerprint density at radius 1 is 1.43 bits per heavy atom. The zero-order chi connectivity index (χ0) is 9.97. The molecule has 0 aromatic carbocycles. The van der Waals surface area contributed by atoms with Crippen LogP contribution in [0.2, 0.25) is 0 Å². The Bertz CT molecular complexity index is 329. The van der Waals surface area contributed by atoms with Crippen LogP contribution in [-0.4, -0.2) is 16.1 Å². The van der Waals surface area contributed by atoms with Gasteiger partial charge in [0.25, 0.3) is 0 Å². The van der Waals surface area contributed by atoms with Crippen molar-refractivity contribution in [3.05, 3.63) is 16.1 Å². The molecule has 0 amide bonds. The normalized spacial score (nSPS) is 18.3. The lowest BCUT2D eigenvalue weighted by Crippen LogP contribution is -2.03. The molecule has 1 aromatic heterocycles. The summed E-state index contributed by atoms with van der Waals surface area (Å²) in [4.78, 5) is 15.2. The van der Waals surface area contributed by atoms with Gasteiger partial charge in [0.2, 0.25) is 0 Å². The monoisotopic (exact) mass is 211 g/mol. The fourth-order valence-electron chi connectivity index (χ4n) is 1.92. The Labute approximate surface area is 86.8 Å². The summed E-state index contributed by atoms with van der Waals surface area (Å²) in [6, 6.07) is 0. The number of rotatable bonds is 2. The van der Waals surface area contributed by atoms with Crippen molar-refractivity contribution in [2.75, 3.05) is 0 Å². The molecule has 0 atom stereocenters. The first-order chi connectivity index (χ1) is 6.77. The predicted octanol–water partition coefficient (Wildman–Crippen LogP) is 2.89. The second-order valence-electron chi connectivity index (χ2n) is 3.70. The maximum atomic E-state index is 10.7. The van der Waals surface area contributed by atoms with Crippen LogP contribution in [0, 0.1) is 0 Å². The van der Waals surface area contributed by atoms with Crippen LogP contribution in [0.25, 0.3) is 0 Å². The third-order valence-electron chi connectivity index (χ3n) is 2.69. The maximum Gasteiger partial charge on any atom is 0.347 e. The van der Waals surface area contributed by atoms with Gasteiger partial charge in [0.1, 0.15) is 4.88 Å². The molecule has 4 heteroatoms. The van der Waals surface area contributed by atoms with E-state index in [4.69, 9.17) is 5.11 Å². The van der Waals surface area contributed by atoms with E-state index < -0.39 is 5.97 Å². The Kier molecular flexibility index (Phi) is 2.82. The molecule has 1 saturated carbocycles. The molecule has 76 valence electrons. The summed E-state index contributed by atoms with van der Waals surface area (Å²) in [6.07, 6.45) is 7.66. The molecule has 0 saturated heterocycles. The zero-order valence-electron chi connectivity index (χ0n) is 7.90. The van der Waals surface area contributed by atoms with Crippen molar-refractivity contribution in [1.29, 1.82) is 0 Å². The molecule has 0 radical (unpaired) electrons.